The second kappa shape index (κ2) is 8.27. The molecule has 0 atom stereocenters. The van der Waals surface area contributed by atoms with Crippen LogP contribution in [0.15, 0.2) is 18.2 Å². The maximum Gasteiger partial charge on any atom is 0.251 e. The molecule has 1 fully saturated rings. The van der Waals surface area contributed by atoms with Gasteiger partial charge < -0.3 is 10.1 Å². The summed E-state index contributed by atoms with van der Waals surface area (Å²) in [5.74, 6) is 0.316. The van der Waals surface area contributed by atoms with Crippen molar-refractivity contribution in [2.75, 3.05) is 19.4 Å². The highest BCUT2D eigenvalue weighted by Gasteiger charge is 2.14. The summed E-state index contributed by atoms with van der Waals surface area (Å²) in [5, 5.41) is 3.58. The van der Waals surface area contributed by atoms with E-state index in [1.807, 2.05) is 11.8 Å². The molecule has 2 rings (SSSR count). The normalized spacial score (nSPS) is 15.7. The molecule has 116 valence electrons. The number of halogens is 1. The van der Waals surface area contributed by atoms with Crippen molar-refractivity contribution in [1.82, 2.24) is 5.32 Å². The predicted molar refractivity (Wildman–Crippen MR) is 84.6 cm³/mol. The van der Waals surface area contributed by atoms with Crippen LogP contribution in [0.5, 0.6) is 5.75 Å². The number of thioether (sulfide) groups is 1. The molecular formula is C16H22FNO2S. The summed E-state index contributed by atoms with van der Waals surface area (Å²) >= 11 is 1.93. The Labute approximate surface area is 129 Å². The summed E-state index contributed by atoms with van der Waals surface area (Å²) in [7, 11) is 1.40. The zero-order chi connectivity index (χ0) is 15.1. The molecule has 1 N–H and O–H groups in total. The fourth-order valence-corrected chi connectivity index (χ4v) is 3.75. The van der Waals surface area contributed by atoms with Crippen LogP contribution < -0.4 is 10.1 Å². The molecule has 0 unspecified atom stereocenters. The summed E-state index contributed by atoms with van der Waals surface area (Å²) in [5.41, 5.74) is 0.330. The van der Waals surface area contributed by atoms with Crippen molar-refractivity contribution in [3.05, 3.63) is 29.6 Å². The minimum absolute atomic E-state index is 0.152. The van der Waals surface area contributed by atoms with Crippen LogP contribution >= 0.6 is 11.8 Å². The van der Waals surface area contributed by atoms with Gasteiger partial charge in [0.15, 0.2) is 11.6 Å². The topological polar surface area (TPSA) is 38.3 Å². The molecule has 0 bridgehead atoms. The SMILES string of the molecule is COc1ccc(C(=O)NCCSC2CCCCC2)cc1F. The van der Waals surface area contributed by atoms with Gasteiger partial charge in [0.05, 0.1) is 7.11 Å². The van der Waals surface area contributed by atoms with Crippen LogP contribution in [-0.2, 0) is 0 Å². The van der Waals surface area contributed by atoms with E-state index in [0.29, 0.717) is 12.1 Å². The molecular weight excluding hydrogens is 289 g/mol. The number of rotatable bonds is 6. The van der Waals surface area contributed by atoms with Gasteiger partial charge in [-0.1, -0.05) is 19.3 Å². The van der Waals surface area contributed by atoms with Gasteiger partial charge in [0.2, 0.25) is 0 Å². The molecule has 0 radical (unpaired) electrons. The molecule has 1 amide bonds. The minimum atomic E-state index is -0.512. The molecule has 0 spiro atoms. The minimum Gasteiger partial charge on any atom is -0.494 e. The van der Waals surface area contributed by atoms with Crippen LogP contribution in [0.25, 0.3) is 0 Å². The Kier molecular flexibility index (Phi) is 6.36. The lowest BCUT2D eigenvalue weighted by molar-refractivity contribution is 0.0955. The number of hydrogen-bond donors (Lipinski definition) is 1. The van der Waals surface area contributed by atoms with Crippen LogP contribution in [0, 0.1) is 5.82 Å². The monoisotopic (exact) mass is 311 g/mol. The lowest BCUT2D eigenvalue weighted by Gasteiger charge is -2.20. The molecule has 0 aromatic heterocycles. The van der Waals surface area contributed by atoms with Crippen LogP contribution in [0.3, 0.4) is 0 Å². The quantitative estimate of drug-likeness (QED) is 0.815. The van der Waals surface area contributed by atoms with Crippen LogP contribution in [0.4, 0.5) is 4.39 Å². The maximum atomic E-state index is 13.5. The number of methoxy groups -OCH3 is 1. The molecule has 5 heteroatoms. The van der Waals surface area contributed by atoms with Gasteiger partial charge in [-0.05, 0) is 31.0 Å². The first kappa shape index (κ1) is 16.1. The molecule has 3 nitrogen and oxygen atoms in total. The third kappa shape index (κ3) is 4.92. The molecule has 1 saturated carbocycles. The highest BCUT2D eigenvalue weighted by Crippen LogP contribution is 2.27. The number of carbonyl (C=O) groups excluding carboxylic acids is 1. The van der Waals surface area contributed by atoms with E-state index in [9.17, 15) is 9.18 Å². The van der Waals surface area contributed by atoms with Crippen LogP contribution in [-0.4, -0.2) is 30.6 Å². The van der Waals surface area contributed by atoms with Crippen molar-refractivity contribution >= 4 is 17.7 Å². The van der Waals surface area contributed by atoms with E-state index < -0.39 is 5.82 Å². The summed E-state index contributed by atoms with van der Waals surface area (Å²) in [6.07, 6.45) is 6.60. The maximum absolute atomic E-state index is 13.5. The van der Waals surface area contributed by atoms with Gasteiger partial charge in [-0.25, -0.2) is 4.39 Å². The first-order valence-electron chi connectivity index (χ1n) is 7.44. The van der Waals surface area contributed by atoms with Crippen LogP contribution in [0.1, 0.15) is 42.5 Å². The molecule has 0 heterocycles. The Morgan fingerprint density at radius 3 is 2.81 bits per heavy atom. The van der Waals surface area contributed by atoms with Crippen molar-refractivity contribution in [3.8, 4) is 5.75 Å². The van der Waals surface area contributed by atoms with E-state index in [4.69, 9.17) is 4.74 Å². The zero-order valence-corrected chi connectivity index (χ0v) is 13.2. The third-order valence-electron chi connectivity index (χ3n) is 3.71. The second-order valence-corrected chi connectivity index (χ2v) is 6.64. The number of carbonyl (C=O) groups is 1. The van der Waals surface area contributed by atoms with E-state index in [1.54, 1.807) is 6.07 Å². The number of hydrogen-bond acceptors (Lipinski definition) is 3. The van der Waals surface area contributed by atoms with Crippen molar-refractivity contribution in [3.63, 3.8) is 0 Å². The lowest BCUT2D eigenvalue weighted by atomic mass is 10.0. The van der Waals surface area contributed by atoms with Gasteiger partial charge in [0.1, 0.15) is 0 Å². The molecule has 1 aliphatic rings. The number of ether oxygens (including phenoxy) is 1. The van der Waals surface area contributed by atoms with E-state index in [1.165, 1.54) is 51.3 Å². The van der Waals surface area contributed by atoms with Gasteiger partial charge in [-0.3, -0.25) is 4.79 Å². The number of benzene rings is 1. The molecule has 0 aliphatic heterocycles. The van der Waals surface area contributed by atoms with Gasteiger partial charge in [0, 0.05) is 23.1 Å². The van der Waals surface area contributed by atoms with Gasteiger partial charge in [-0.2, -0.15) is 11.8 Å². The first-order chi connectivity index (χ1) is 10.2. The van der Waals surface area contributed by atoms with E-state index >= 15 is 0 Å². The van der Waals surface area contributed by atoms with E-state index in [0.717, 1.165) is 11.0 Å². The van der Waals surface area contributed by atoms with Crippen molar-refractivity contribution in [2.45, 2.75) is 37.4 Å². The number of amides is 1. The second-order valence-electron chi connectivity index (χ2n) is 5.24. The van der Waals surface area contributed by atoms with Crippen molar-refractivity contribution < 1.29 is 13.9 Å². The average Bonchev–Trinajstić information content (AvgIpc) is 2.52. The summed E-state index contributed by atoms with van der Waals surface area (Å²) < 4.78 is 18.4. The number of nitrogens with one attached hydrogen (secondary N) is 1. The molecule has 0 saturated heterocycles. The van der Waals surface area contributed by atoms with Gasteiger partial charge >= 0.3 is 0 Å². The molecule has 21 heavy (non-hydrogen) atoms. The van der Waals surface area contributed by atoms with Crippen molar-refractivity contribution in [2.24, 2.45) is 0 Å². The predicted octanol–water partition coefficient (Wildman–Crippen LogP) is 3.63. The fourth-order valence-electron chi connectivity index (χ4n) is 2.53. The van der Waals surface area contributed by atoms with Crippen molar-refractivity contribution in [1.29, 1.82) is 0 Å². The zero-order valence-electron chi connectivity index (χ0n) is 12.4. The van der Waals surface area contributed by atoms with E-state index in [-0.39, 0.29) is 11.7 Å². The smallest absolute Gasteiger partial charge is 0.251 e. The first-order valence-corrected chi connectivity index (χ1v) is 8.49. The molecule has 1 aliphatic carbocycles. The molecule has 1 aromatic rings. The van der Waals surface area contributed by atoms with Crippen LogP contribution in [0.2, 0.25) is 0 Å². The largest absolute Gasteiger partial charge is 0.494 e. The Morgan fingerprint density at radius 2 is 2.14 bits per heavy atom. The summed E-state index contributed by atoms with van der Waals surface area (Å²) in [6, 6.07) is 4.26. The fraction of sp³-hybridized carbons (Fsp3) is 0.562. The lowest BCUT2D eigenvalue weighted by Crippen LogP contribution is -2.26. The Morgan fingerprint density at radius 1 is 1.38 bits per heavy atom. The summed E-state index contributed by atoms with van der Waals surface area (Å²) in [6.45, 7) is 0.619. The third-order valence-corrected chi connectivity index (χ3v) is 5.09. The average molecular weight is 311 g/mol. The Hall–Kier alpha value is -1.23. The Bertz CT molecular complexity index is 475. The van der Waals surface area contributed by atoms with Gasteiger partial charge in [-0.15, -0.1) is 0 Å². The highest BCUT2D eigenvalue weighted by atomic mass is 32.2. The highest BCUT2D eigenvalue weighted by molar-refractivity contribution is 7.99. The van der Waals surface area contributed by atoms with E-state index in [2.05, 4.69) is 5.32 Å². The Balaban J connectivity index is 1.72. The standard InChI is InChI=1S/C16H22FNO2S/c1-20-15-8-7-12(11-14(15)17)16(19)18-9-10-21-13-5-3-2-4-6-13/h7-8,11,13H,2-6,9-10H2,1H3,(H,18,19). The van der Waals surface area contributed by atoms with Gasteiger partial charge in [0.25, 0.3) is 5.91 Å². The molecule has 1 aromatic carbocycles. The summed E-state index contributed by atoms with van der Waals surface area (Å²) in [4.78, 5) is 11.9.